The van der Waals surface area contributed by atoms with Gasteiger partial charge in [0.05, 0.1) is 0 Å². The van der Waals surface area contributed by atoms with E-state index in [1.807, 2.05) is 37.4 Å². The fourth-order valence-corrected chi connectivity index (χ4v) is 3.82. The highest BCUT2D eigenvalue weighted by atomic mass is 32.1. The Morgan fingerprint density at radius 1 is 1.43 bits per heavy atom. The Kier molecular flexibility index (Phi) is 5.08. The van der Waals surface area contributed by atoms with Gasteiger partial charge in [-0.25, -0.2) is 4.98 Å². The van der Waals surface area contributed by atoms with Crippen molar-refractivity contribution in [3.8, 4) is 0 Å². The average Bonchev–Trinajstić information content (AvgIpc) is 2.97. The maximum Gasteiger partial charge on any atom is 0.257 e. The molecule has 0 spiro atoms. The number of nitrogens with zero attached hydrogens (tertiary/aromatic N) is 2. The van der Waals surface area contributed by atoms with Crippen LogP contribution in [0.2, 0.25) is 0 Å². The van der Waals surface area contributed by atoms with Gasteiger partial charge in [0.2, 0.25) is 0 Å². The van der Waals surface area contributed by atoms with Crippen LogP contribution in [0.3, 0.4) is 0 Å². The predicted octanol–water partition coefficient (Wildman–Crippen LogP) is 4.08. The van der Waals surface area contributed by atoms with Crippen LogP contribution in [-0.2, 0) is 6.54 Å². The predicted molar refractivity (Wildman–Crippen MR) is 95.0 cm³/mol. The van der Waals surface area contributed by atoms with Gasteiger partial charge in [0.25, 0.3) is 5.91 Å². The van der Waals surface area contributed by atoms with Crippen LogP contribution >= 0.6 is 11.3 Å². The van der Waals surface area contributed by atoms with Gasteiger partial charge in [-0.05, 0) is 45.4 Å². The molecule has 1 aromatic heterocycles. The van der Waals surface area contributed by atoms with Crippen LogP contribution in [0.4, 0.5) is 5.13 Å². The third kappa shape index (κ3) is 4.18. The molecular formula is C18H23N3OS. The highest BCUT2D eigenvalue weighted by Crippen LogP contribution is 2.24. The highest BCUT2D eigenvalue weighted by Gasteiger charge is 2.19. The van der Waals surface area contributed by atoms with Crippen molar-refractivity contribution in [2.24, 2.45) is 0 Å². The van der Waals surface area contributed by atoms with E-state index in [4.69, 9.17) is 0 Å². The number of thiazole rings is 1. The summed E-state index contributed by atoms with van der Waals surface area (Å²) >= 11 is 1.57. The van der Waals surface area contributed by atoms with E-state index >= 15 is 0 Å². The summed E-state index contributed by atoms with van der Waals surface area (Å²) in [6.07, 6.45) is 5.77. The van der Waals surface area contributed by atoms with Gasteiger partial charge in [-0.3, -0.25) is 15.0 Å². The fourth-order valence-electron chi connectivity index (χ4n) is 2.99. The Morgan fingerprint density at radius 3 is 3.09 bits per heavy atom. The van der Waals surface area contributed by atoms with Gasteiger partial charge < -0.3 is 0 Å². The molecule has 1 fully saturated rings. The summed E-state index contributed by atoms with van der Waals surface area (Å²) in [4.78, 5) is 20.3. The molecule has 1 aliphatic rings. The molecule has 4 nitrogen and oxygen atoms in total. The highest BCUT2D eigenvalue weighted by molar-refractivity contribution is 7.15. The number of nitrogens with one attached hydrogen (secondary N) is 1. The normalized spacial score (nSPS) is 18.8. The van der Waals surface area contributed by atoms with E-state index in [2.05, 4.69) is 22.1 Å². The van der Waals surface area contributed by atoms with Crippen LogP contribution in [0, 0.1) is 6.92 Å². The monoisotopic (exact) mass is 329 g/mol. The fraction of sp³-hybridized carbons (Fsp3) is 0.444. The minimum atomic E-state index is -0.0964. The number of carbonyl (C=O) groups excluding carboxylic acids is 1. The Bertz CT molecular complexity index is 682. The average molecular weight is 329 g/mol. The number of aryl methyl sites for hydroxylation is 1. The van der Waals surface area contributed by atoms with E-state index in [9.17, 15) is 4.79 Å². The lowest BCUT2D eigenvalue weighted by Gasteiger charge is -2.32. The lowest BCUT2D eigenvalue weighted by Crippen LogP contribution is -2.36. The van der Waals surface area contributed by atoms with Crippen molar-refractivity contribution in [3.05, 3.63) is 46.5 Å². The van der Waals surface area contributed by atoms with Crippen LogP contribution in [0.25, 0.3) is 0 Å². The first kappa shape index (κ1) is 16.1. The van der Waals surface area contributed by atoms with E-state index in [0.29, 0.717) is 16.7 Å². The number of benzene rings is 1. The van der Waals surface area contributed by atoms with Crippen molar-refractivity contribution in [2.75, 3.05) is 11.9 Å². The number of aromatic nitrogens is 1. The molecule has 0 aliphatic carbocycles. The molecule has 23 heavy (non-hydrogen) atoms. The van der Waals surface area contributed by atoms with E-state index in [1.54, 1.807) is 11.3 Å². The SMILES string of the molecule is Cc1cccc(C(=O)Nc2ncc(CN3CCCCC3C)s2)c1. The van der Waals surface area contributed by atoms with E-state index in [-0.39, 0.29) is 5.91 Å². The minimum absolute atomic E-state index is 0.0964. The van der Waals surface area contributed by atoms with Gasteiger partial charge in [-0.15, -0.1) is 11.3 Å². The zero-order chi connectivity index (χ0) is 16.2. The molecule has 0 saturated carbocycles. The topological polar surface area (TPSA) is 45.2 Å². The molecule has 1 N–H and O–H groups in total. The lowest BCUT2D eigenvalue weighted by atomic mass is 10.0. The molecule has 1 amide bonds. The summed E-state index contributed by atoms with van der Waals surface area (Å²) < 4.78 is 0. The summed E-state index contributed by atoms with van der Waals surface area (Å²) in [6.45, 7) is 6.36. The second-order valence-corrected chi connectivity index (χ2v) is 7.39. The molecule has 1 aromatic carbocycles. The molecule has 1 aliphatic heterocycles. The summed E-state index contributed by atoms with van der Waals surface area (Å²) in [6, 6.07) is 8.23. The van der Waals surface area contributed by atoms with Gasteiger partial charge in [0.15, 0.2) is 5.13 Å². The van der Waals surface area contributed by atoms with E-state index in [0.717, 1.165) is 18.7 Å². The van der Waals surface area contributed by atoms with E-state index in [1.165, 1.54) is 24.1 Å². The van der Waals surface area contributed by atoms with Crippen molar-refractivity contribution >= 4 is 22.4 Å². The first-order chi connectivity index (χ1) is 11.1. The molecule has 1 atom stereocenters. The second-order valence-electron chi connectivity index (χ2n) is 6.27. The molecule has 5 heteroatoms. The zero-order valence-electron chi connectivity index (χ0n) is 13.7. The molecule has 2 aromatic rings. The number of hydrogen-bond acceptors (Lipinski definition) is 4. The van der Waals surface area contributed by atoms with Crippen LogP contribution in [-0.4, -0.2) is 28.4 Å². The molecule has 0 radical (unpaired) electrons. The summed E-state index contributed by atoms with van der Waals surface area (Å²) in [5.41, 5.74) is 1.75. The molecule has 0 bridgehead atoms. The molecule has 2 heterocycles. The maximum absolute atomic E-state index is 12.3. The summed E-state index contributed by atoms with van der Waals surface area (Å²) in [5, 5.41) is 3.58. The van der Waals surface area contributed by atoms with Crippen LogP contribution in [0.15, 0.2) is 30.5 Å². The minimum Gasteiger partial charge on any atom is -0.298 e. The van der Waals surface area contributed by atoms with Gasteiger partial charge >= 0.3 is 0 Å². The van der Waals surface area contributed by atoms with Crippen LogP contribution in [0.1, 0.15) is 47.0 Å². The Balaban J connectivity index is 1.61. The van der Waals surface area contributed by atoms with Crippen LogP contribution in [0.5, 0.6) is 0 Å². The van der Waals surface area contributed by atoms with Crippen molar-refractivity contribution in [3.63, 3.8) is 0 Å². The maximum atomic E-state index is 12.3. The number of rotatable bonds is 4. The number of anilines is 1. The van der Waals surface area contributed by atoms with Crippen molar-refractivity contribution in [2.45, 2.75) is 45.7 Å². The third-order valence-corrected chi connectivity index (χ3v) is 5.25. The van der Waals surface area contributed by atoms with Crippen molar-refractivity contribution < 1.29 is 4.79 Å². The largest absolute Gasteiger partial charge is 0.298 e. The summed E-state index contributed by atoms with van der Waals surface area (Å²) in [7, 11) is 0. The van der Waals surface area contributed by atoms with Crippen LogP contribution < -0.4 is 5.32 Å². The number of carbonyl (C=O) groups is 1. The molecule has 1 unspecified atom stereocenters. The van der Waals surface area contributed by atoms with Gasteiger partial charge in [-0.1, -0.05) is 24.1 Å². The Morgan fingerprint density at radius 2 is 2.30 bits per heavy atom. The molecule has 1 saturated heterocycles. The first-order valence-corrected chi connectivity index (χ1v) is 9.00. The number of amides is 1. The van der Waals surface area contributed by atoms with Gasteiger partial charge in [0, 0.05) is 29.2 Å². The van der Waals surface area contributed by atoms with E-state index < -0.39 is 0 Å². The third-order valence-electron chi connectivity index (χ3n) is 4.35. The molecule has 122 valence electrons. The lowest BCUT2D eigenvalue weighted by molar-refractivity contribution is 0.102. The Labute approximate surface area is 141 Å². The quantitative estimate of drug-likeness (QED) is 0.919. The Hall–Kier alpha value is -1.72. The standard InChI is InChI=1S/C18H23N3OS/c1-13-6-5-8-15(10-13)17(22)20-18-19-11-16(23-18)12-21-9-4-3-7-14(21)2/h5-6,8,10-11,14H,3-4,7,9,12H2,1-2H3,(H,19,20,22). The number of hydrogen-bond donors (Lipinski definition) is 1. The van der Waals surface area contributed by atoms with Crippen molar-refractivity contribution in [1.82, 2.24) is 9.88 Å². The molecule has 3 rings (SSSR count). The van der Waals surface area contributed by atoms with Gasteiger partial charge in [-0.2, -0.15) is 0 Å². The number of likely N-dealkylation sites (tertiary alicyclic amines) is 1. The zero-order valence-corrected chi connectivity index (χ0v) is 14.5. The van der Waals surface area contributed by atoms with Crippen molar-refractivity contribution in [1.29, 1.82) is 0 Å². The molecular weight excluding hydrogens is 306 g/mol. The summed E-state index contributed by atoms with van der Waals surface area (Å²) in [5.74, 6) is -0.0964. The van der Waals surface area contributed by atoms with Gasteiger partial charge in [0.1, 0.15) is 0 Å². The second kappa shape index (κ2) is 7.23. The number of piperidine rings is 1. The smallest absolute Gasteiger partial charge is 0.257 e. The first-order valence-electron chi connectivity index (χ1n) is 8.18.